The summed E-state index contributed by atoms with van der Waals surface area (Å²) in [5.74, 6) is -0.227. The number of halogens is 2. The van der Waals surface area contributed by atoms with Crippen LogP contribution in [0.5, 0.6) is 0 Å². The number of furan rings is 1. The number of benzene rings is 2. The van der Waals surface area contributed by atoms with E-state index in [-0.39, 0.29) is 11.7 Å². The molecule has 25 heavy (non-hydrogen) atoms. The molecule has 3 aromatic rings. The third kappa shape index (κ3) is 4.70. The first-order valence-electron chi connectivity index (χ1n) is 7.92. The molecular formula is C20H17ClFNO2. The Morgan fingerprint density at radius 2 is 1.80 bits per heavy atom. The Morgan fingerprint density at radius 3 is 2.44 bits per heavy atom. The van der Waals surface area contributed by atoms with Crippen LogP contribution in [-0.2, 0) is 17.8 Å². The highest BCUT2D eigenvalue weighted by molar-refractivity contribution is 6.30. The maximum Gasteiger partial charge on any atom is 0.228 e. The Morgan fingerprint density at radius 1 is 1.08 bits per heavy atom. The standard InChI is InChI=1S/C20H17ClFNO2/c21-16-7-3-14(4-8-16)13-23-20(24)19(12-18-2-1-11-25-18)15-5-9-17(22)10-6-15/h1-11,19H,12-13H2,(H,23,24). The van der Waals surface area contributed by atoms with Gasteiger partial charge in [-0.3, -0.25) is 4.79 Å². The molecule has 0 saturated heterocycles. The lowest BCUT2D eigenvalue weighted by Crippen LogP contribution is -2.30. The van der Waals surface area contributed by atoms with E-state index in [0.29, 0.717) is 23.7 Å². The quantitative estimate of drug-likeness (QED) is 0.694. The maximum atomic E-state index is 13.2. The summed E-state index contributed by atoms with van der Waals surface area (Å²) in [5, 5.41) is 3.58. The molecule has 1 atom stereocenters. The molecule has 5 heteroatoms. The van der Waals surface area contributed by atoms with Crippen molar-refractivity contribution in [3.63, 3.8) is 0 Å². The van der Waals surface area contributed by atoms with Crippen LogP contribution in [-0.4, -0.2) is 5.91 Å². The van der Waals surface area contributed by atoms with E-state index < -0.39 is 5.92 Å². The SMILES string of the molecule is O=C(NCc1ccc(Cl)cc1)C(Cc1ccco1)c1ccc(F)cc1. The van der Waals surface area contributed by atoms with E-state index in [1.165, 1.54) is 12.1 Å². The highest BCUT2D eigenvalue weighted by Gasteiger charge is 2.22. The number of rotatable bonds is 6. The van der Waals surface area contributed by atoms with E-state index in [2.05, 4.69) is 5.32 Å². The number of carbonyl (C=O) groups excluding carboxylic acids is 1. The zero-order chi connectivity index (χ0) is 17.6. The van der Waals surface area contributed by atoms with E-state index in [9.17, 15) is 9.18 Å². The largest absolute Gasteiger partial charge is 0.469 e. The fraction of sp³-hybridized carbons (Fsp3) is 0.150. The molecule has 3 rings (SSSR count). The third-order valence-corrected chi connectivity index (χ3v) is 4.21. The minimum Gasteiger partial charge on any atom is -0.469 e. The summed E-state index contributed by atoms with van der Waals surface area (Å²) < 4.78 is 18.6. The first-order chi connectivity index (χ1) is 12.1. The molecular weight excluding hydrogens is 341 g/mol. The number of nitrogens with one attached hydrogen (secondary N) is 1. The predicted octanol–water partition coefficient (Wildman–Crippen LogP) is 4.71. The lowest BCUT2D eigenvalue weighted by molar-refractivity contribution is -0.122. The van der Waals surface area contributed by atoms with Crippen LogP contribution in [0.25, 0.3) is 0 Å². The van der Waals surface area contributed by atoms with Crippen LogP contribution in [0.2, 0.25) is 5.02 Å². The third-order valence-electron chi connectivity index (χ3n) is 3.95. The van der Waals surface area contributed by atoms with Gasteiger partial charge in [0, 0.05) is 18.0 Å². The Hall–Kier alpha value is -2.59. The van der Waals surface area contributed by atoms with Crippen LogP contribution in [0.4, 0.5) is 4.39 Å². The molecule has 0 spiro atoms. The van der Waals surface area contributed by atoms with Crippen molar-refractivity contribution >= 4 is 17.5 Å². The molecule has 0 aliphatic rings. The maximum absolute atomic E-state index is 13.2. The van der Waals surface area contributed by atoms with Gasteiger partial charge in [-0.2, -0.15) is 0 Å². The summed E-state index contributed by atoms with van der Waals surface area (Å²) >= 11 is 5.87. The van der Waals surface area contributed by atoms with Crippen molar-refractivity contribution in [1.29, 1.82) is 0 Å². The van der Waals surface area contributed by atoms with Gasteiger partial charge in [-0.05, 0) is 47.5 Å². The van der Waals surface area contributed by atoms with Gasteiger partial charge in [0.05, 0.1) is 12.2 Å². The highest BCUT2D eigenvalue weighted by Crippen LogP contribution is 2.22. The second-order valence-corrected chi connectivity index (χ2v) is 6.17. The van der Waals surface area contributed by atoms with Gasteiger partial charge in [0.2, 0.25) is 5.91 Å². The molecule has 0 fully saturated rings. The zero-order valence-corrected chi connectivity index (χ0v) is 14.2. The molecule has 2 aromatic carbocycles. The first-order valence-corrected chi connectivity index (χ1v) is 8.29. The molecule has 1 amide bonds. The Balaban J connectivity index is 1.74. The van der Waals surface area contributed by atoms with Crippen LogP contribution in [0.3, 0.4) is 0 Å². The topological polar surface area (TPSA) is 42.2 Å². The summed E-state index contributed by atoms with van der Waals surface area (Å²) in [6, 6.07) is 16.9. The normalized spacial score (nSPS) is 11.9. The smallest absolute Gasteiger partial charge is 0.228 e. The average molecular weight is 358 g/mol. The summed E-state index contributed by atoms with van der Waals surface area (Å²) in [7, 11) is 0. The zero-order valence-electron chi connectivity index (χ0n) is 13.4. The van der Waals surface area contributed by atoms with E-state index in [4.69, 9.17) is 16.0 Å². The number of hydrogen-bond donors (Lipinski definition) is 1. The fourth-order valence-electron chi connectivity index (χ4n) is 2.60. The molecule has 0 bridgehead atoms. The van der Waals surface area contributed by atoms with E-state index in [1.54, 1.807) is 36.6 Å². The monoisotopic (exact) mass is 357 g/mol. The minimum absolute atomic E-state index is 0.141. The Kier molecular flexibility index (Phi) is 5.51. The minimum atomic E-state index is -0.459. The molecule has 1 N–H and O–H groups in total. The predicted molar refractivity (Wildman–Crippen MR) is 94.9 cm³/mol. The first kappa shape index (κ1) is 17.2. The summed E-state index contributed by atoms with van der Waals surface area (Å²) in [6.45, 7) is 0.395. The van der Waals surface area contributed by atoms with Crippen LogP contribution < -0.4 is 5.32 Å². The summed E-state index contributed by atoms with van der Waals surface area (Å²) in [4.78, 5) is 12.7. The van der Waals surface area contributed by atoms with Gasteiger partial charge < -0.3 is 9.73 Å². The molecule has 0 aliphatic heterocycles. The van der Waals surface area contributed by atoms with E-state index >= 15 is 0 Å². The Bertz CT molecular complexity index is 814. The van der Waals surface area contributed by atoms with Gasteiger partial charge in [0.25, 0.3) is 0 Å². The number of amides is 1. The van der Waals surface area contributed by atoms with Crippen molar-refractivity contribution in [2.45, 2.75) is 18.9 Å². The average Bonchev–Trinajstić information content (AvgIpc) is 3.13. The molecule has 128 valence electrons. The van der Waals surface area contributed by atoms with Crippen LogP contribution in [0.1, 0.15) is 22.8 Å². The summed E-state index contributed by atoms with van der Waals surface area (Å²) in [5.41, 5.74) is 1.69. The van der Waals surface area contributed by atoms with Crippen molar-refractivity contribution in [3.8, 4) is 0 Å². The van der Waals surface area contributed by atoms with Gasteiger partial charge in [0.1, 0.15) is 11.6 Å². The molecule has 3 nitrogen and oxygen atoms in total. The van der Waals surface area contributed by atoms with Crippen molar-refractivity contribution in [1.82, 2.24) is 5.32 Å². The van der Waals surface area contributed by atoms with E-state index in [1.807, 2.05) is 18.2 Å². The van der Waals surface area contributed by atoms with Crippen molar-refractivity contribution < 1.29 is 13.6 Å². The molecule has 0 aliphatic carbocycles. The van der Waals surface area contributed by atoms with Gasteiger partial charge >= 0.3 is 0 Å². The van der Waals surface area contributed by atoms with Crippen molar-refractivity contribution in [2.24, 2.45) is 0 Å². The second-order valence-electron chi connectivity index (χ2n) is 5.73. The van der Waals surface area contributed by atoms with Gasteiger partial charge in [-0.1, -0.05) is 35.9 Å². The number of carbonyl (C=O) groups is 1. The van der Waals surface area contributed by atoms with Crippen LogP contribution >= 0.6 is 11.6 Å². The lowest BCUT2D eigenvalue weighted by Gasteiger charge is -2.16. The Labute approximate surface area is 150 Å². The number of hydrogen-bond acceptors (Lipinski definition) is 2. The van der Waals surface area contributed by atoms with Crippen LogP contribution in [0.15, 0.2) is 71.3 Å². The fourth-order valence-corrected chi connectivity index (χ4v) is 2.73. The van der Waals surface area contributed by atoms with Gasteiger partial charge in [-0.25, -0.2) is 4.39 Å². The summed E-state index contributed by atoms with van der Waals surface area (Å²) in [6.07, 6.45) is 1.98. The van der Waals surface area contributed by atoms with Gasteiger partial charge in [0.15, 0.2) is 0 Å². The van der Waals surface area contributed by atoms with Crippen LogP contribution in [0, 0.1) is 5.82 Å². The van der Waals surface area contributed by atoms with Gasteiger partial charge in [-0.15, -0.1) is 0 Å². The van der Waals surface area contributed by atoms with Crippen molar-refractivity contribution in [2.75, 3.05) is 0 Å². The molecule has 1 aromatic heterocycles. The lowest BCUT2D eigenvalue weighted by atomic mass is 9.93. The molecule has 0 radical (unpaired) electrons. The molecule has 1 heterocycles. The highest BCUT2D eigenvalue weighted by atomic mass is 35.5. The molecule has 1 unspecified atom stereocenters. The van der Waals surface area contributed by atoms with E-state index in [0.717, 1.165) is 11.1 Å². The van der Waals surface area contributed by atoms with Crippen molar-refractivity contribution in [3.05, 3.63) is 94.7 Å². The second kappa shape index (κ2) is 7.99. The molecule has 0 saturated carbocycles.